The standard InChI is InChI=1S/C22H23Cl2N3O4S/c1-4-29-17-9-14(10-18(30-5-2)20(17)31-6-3)21(28)25-22-27-26-19(32-22)11-13-7-8-15(23)12-16(13)24/h7-10,12H,4-6,11H2,1-3H3,(H,25,27,28). The number of aromatic nitrogens is 2. The van der Waals surface area contributed by atoms with E-state index in [0.717, 1.165) is 5.56 Å². The van der Waals surface area contributed by atoms with Crippen LogP contribution in [0.2, 0.25) is 10.0 Å². The number of amides is 1. The van der Waals surface area contributed by atoms with Crippen LogP contribution in [0.3, 0.4) is 0 Å². The van der Waals surface area contributed by atoms with Gasteiger partial charge < -0.3 is 14.2 Å². The van der Waals surface area contributed by atoms with Crippen LogP contribution in [0, 0.1) is 0 Å². The molecule has 0 aliphatic heterocycles. The molecule has 0 spiro atoms. The number of carbonyl (C=O) groups excluding carboxylic acids is 1. The van der Waals surface area contributed by atoms with Crippen molar-refractivity contribution < 1.29 is 19.0 Å². The van der Waals surface area contributed by atoms with Gasteiger partial charge in [-0.15, -0.1) is 10.2 Å². The highest BCUT2D eigenvalue weighted by atomic mass is 35.5. The summed E-state index contributed by atoms with van der Waals surface area (Å²) >= 11 is 13.5. The predicted octanol–water partition coefficient (Wildman–Crippen LogP) is 5.88. The molecule has 2 aromatic carbocycles. The third kappa shape index (κ3) is 6.03. The third-order valence-electron chi connectivity index (χ3n) is 4.22. The summed E-state index contributed by atoms with van der Waals surface area (Å²) in [4.78, 5) is 12.9. The number of benzene rings is 2. The Morgan fingerprint density at radius 2 is 1.62 bits per heavy atom. The Labute approximate surface area is 200 Å². The van der Waals surface area contributed by atoms with Crippen molar-refractivity contribution >= 4 is 45.6 Å². The van der Waals surface area contributed by atoms with Crippen LogP contribution in [0.25, 0.3) is 0 Å². The molecule has 0 saturated heterocycles. The normalized spacial score (nSPS) is 10.7. The quantitative estimate of drug-likeness (QED) is 0.377. The zero-order valence-corrected chi connectivity index (χ0v) is 20.2. The molecule has 3 aromatic rings. The highest BCUT2D eigenvalue weighted by molar-refractivity contribution is 7.15. The minimum atomic E-state index is -0.359. The van der Waals surface area contributed by atoms with E-state index in [-0.39, 0.29) is 5.91 Å². The van der Waals surface area contributed by atoms with E-state index in [4.69, 9.17) is 37.4 Å². The molecule has 7 nitrogen and oxygen atoms in total. The summed E-state index contributed by atoms with van der Waals surface area (Å²) in [6.07, 6.45) is 0.482. The summed E-state index contributed by atoms with van der Waals surface area (Å²) in [6, 6.07) is 8.54. The summed E-state index contributed by atoms with van der Waals surface area (Å²) < 4.78 is 17.0. The number of ether oxygens (including phenoxy) is 3. The Morgan fingerprint density at radius 1 is 0.969 bits per heavy atom. The van der Waals surface area contributed by atoms with Crippen molar-refractivity contribution in [2.24, 2.45) is 0 Å². The molecular formula is C22H23Cl2N3O4S. The maximum atomic E-state index is 12.9. The molecule has 1 amide bonds. The average Bonchev–Trinajstić information content (AvgIpc) is 3.19. The van der Waals surface area contributed by atoms with Crippen LogP contribution in [-0.4, -0.2) is 35.9 Å². The van der Waals surface area contributed by atoms with Crippen LogP contribution in [-0.2, 0) is 6.42 Å². The highest BCUT2D eigenvalue weighted by Gasteiger charge is 2.19. The van der Waals surface area contributed by atoms with E-state index in [9.17, 15) is 4.79 Å². The van der Waals surface area contributed by atoms with Crippen LogP contribution >= 0.6 is 34.5 Å². The minimum Gasteiger partial charge on any atom is -0.490 e. The number of hydrogen-bond acceptors (Lipinski definition) is 7. The van der Waals surface area contributed by atoms with Crippen LogP contribution in [0.15, 0.2) is 30.3 Å². The van der Waals surface area contributed by atoms with Crippen molar-refractivity contribution in [1.29, 1.82) is 0 Å². The van der Waals surface area contributed by atoms with Crippen LogP contribution < -0.4 is 19.5 Å². The molecule has 1 heterocycles. The zero-order chi connectivity index (χ0) is 23.1. The number of carbonyl (C=O) groups is 1. The lowest BCUT2D eigenvalue weighted by Gasteiger charge is -2.16. The van der Waals surface area contributed by atoms with Gasteiger partial charge in [-0.2, -0.15) is 0 Å². The van der Waals surface area contributed by atoms with Gasteiger partial charge in [-0.3, -0.25) is 10.1 Å². The Bertz CT molecular complexity index is 1060. The molecule has 0 aliphatic rings. The largest absolute Gasteiger partial charge is 0.490 e. The first-order valence-corrected chi connectivity index (χ1v) is 11.7. The summed E-state index contributed by atoms with van der Waals surface area (Å²) in [6.45, 7) is 6.87. The maximum absolute atomic E-state index is 12.9. The van der Waals surface area contributed by atoms with Gasteiger partial charge in [0, 0.05) is 22.0 Å². The van der Waals surface area contributed by atoms with Crippen LogP contribution in [0.1, 0.15) is 41.7 Å². The van der Waals surface area contributed by atoms with Crippen molar-refractivity contribution in [1.82, 2.24) is 10.2 Å². The van der Waals surface area contributed by atoms with Crippen LogP contribution in [0.5, 0.6) is 17.2 Å². The summed E-state index contributed by atoms with van der Waals surface area (Å²) in [7, 11) is 0. The Hall–Kier alpha value is -2.55. The number of hydrogen-bond donors (Lipinski definition) is 1. The Kier molecular flexibility index (Phi) is 8.55. The molecular weight excluding hydrogens is 473 g/mol. The van der Waals surface area contributed by atoms with Gasteiger partial charge in [-0.1, -0.05) is 40.6 Å². The molecule has 0 fully saturated rings. The number of rotatable bonds is 10. The van der Waals surface area contributed by atoms with E-state index < -0.39 is 0 Å². The summed E-state index contributed by atoms with van der Waals surface area (Å²) in [5.74, 6) is 1.01. The van der Waals surface area contributed by atoms with Gasteiger partial charge in [0.2, 0.25) is 10.9 Å². The first-order valence-electron chi connectivity index (χ1n) is 10.1. The molecule has 1 aromatic heterocycles. The molecule has 0 bridgehead atoms. The van der Waals surface area contributed by atoms with Gasteiger partial charge in [-0.25, -0.2) is 0 Å². The number of halogens is 2. The van der Waals surface area contributed by atoms with E-state index in [2.05, 4.69) is 15.5 Å². The molecule has 0 radical (unpaired) electrons. The molecule has 0 saturated carbocycles. The monoisotopic (exact) mass is 495 g/mol. The van der Waals surface area contributed by atoms with E-state index in [0.29, 0.717) is 69.2 Å². The lowest BCUT2D eigenvalue weighted by atomic mass is 10.1. The predicted molar refractivity (Wildman–Crippen MR) is 127 cm³/mol. The maximum Gasteiger partial charge on any atom is 0.257 e. The first-order chi connectivity index (χ1) is 15.4. The molecule has 32 heavy (non-hydrogen) atoms. The van der Waals surface area contributed by atoms with Gasteiger partial charge in [0.1, 0.15) is 5.01 Å². The average molecular weight is 496 g/mol. The number of nitrogens with one attached hydrogen (secondary N) is 1. The van der Waals surface area contributed by atoms with Crippen molar-refractivity contribution in [3.8, 4) is 17.2 Å². The van der Waals surface area contributed by atoms with Gasteiger partial charge >= 0.3 is 0 Å². The number of nitrogens with zero attached hydrogens (tertiary/aromatic N) is 2. The lowest BCUT2D eigenvalue weighted by Crippen LogP contribution is -2.13. The second kappa shape index (κ2) is 11.4. The van der Waals surface area contributed by atoms with Gasteiger partial charge in [0.05, 0.1) is 19.8 Å². The summed E-state index contributed by atoms with van der Waals surface area (Å²) in [5.41, 5.74) is 1.23. The fraction of sp³-hybridized carbons (Fsp3) is 0.318. The molecule has 170 valence electrons. The van der Waals surface area contributed by atoms with Gasteiger partial charge in [-0.05, 0) is 50.6 Å². The van der Waals surface area contributed by atoms with Crippen molar-refractivity contribution in [2.45, 2.75) is 27.2 Å². The first kappa shape index (κ1) is 24.1. The third-order valence-corrected chi connectivity index (χ3v) is 5.64. The summed E-state index contributed by atoms with van der Waals surface area (Å²) in [5, 5.41) is 13.2. The highest BCUT2D eigenvalue weighted by Crippen LogP contribution is 2.39. The second-order valence-electron chi connectivity index (χ2n) is 6.47. The second-order valence-corrected chi connectivity index (χ2v) is 8.37. The molecule has 0 aliphatic carbocycles. The Morgan fingerprint density at radius 3 is 2.22 bits per heavy atom. The van der Waals surface area contributed by atoms with E-state index in [1.165, 1.54) is 11.3 Å². The van der Waals surface area contributed by atoms with Crippen molar-refractivity contribution in [2.75, 3.05) is 25.1 Å². The van der Waals surface area contributed by atoms with E-state index in [1.54, 1.807) is 24.3 Å². The van der Waals surface area contributed by atoms with Gasteiger partial charge in [0.25, 0.3) is 5.91 Å². The van der Waals surface area contributed by atoms with Crippen LogP contribution in [0.4, 0.5) is 5.13 Å². The van der Waals surface area contributed by atoms with E-state index >= 15 is 0 Å². The van der Waals surface area contributed by atoms with Crippen molar-refractivity contribution in [3.05, 3.63) is 56.5 Å². The SMILES string of the molecule is CCOc1cc(C(=O)Nc2nnc(Cc3ccc(Cl)cc3Cl)s2)cc(OCC)c1OCC. The molecule has 10 heteroatoms. The minimum absolute atomic E-state index is 0.359. The topological polar surface area (TPSA) is 82.6 Å². The molecule has 0 unspecified atom stereocenters. The molecule has 0 atom stereocenters. The fourth-order valence-electron chi connectivity index (χ4n) is 2.89. The smallest absolute Gasteiger partial charge is 0.257 e. The fourth-order valence-corrected chi connectivity index (χ4v) is 4.13. The zero-order valence-electron chi connectivity index (χ0n) is 17.9. The lowest BCUT2D eigenvalue weighted by molar-refractivity contribution is 0.102. The van der Waals surface area contributed by atoms with Crippen molar-refractivity contribution in [3.63, 3.8) is 0 Å². The molecule has 1 N–H and O–H groups in total. The number of anilines is 1. The van der Waals surface area contributed by atoms with Gasteiger partial charge in [0.15, 0.2) is 11.5 Å². The Balaban J connectivity index is 1.79. The van der Waals surface area contributed by atoms with E-state index in [1.807, 2.05) is 26.8 Å². The molecule has 3 rings (SSSR count).